The number of pyridine rings is 1. The number of aryl methyl sites for hydroxylation is 1. The number of hydrogen-bond acceptors (Lipinski definition) is 7. The molecule has 2 aromatic carbocycles. The highest BCUT2D eigenvalue weighted by atomic mass is 35.5. The van der Waals surface area contributed by atoms with Crippen LogP contribution >= 0.6 is 11.6 Å². The third-order valence-corrected chi connectivity index (χ3v) is 9.54. The fraction of sp³-hybridized carbons (Fsp3) is 0.321. The highest BCUT2D eigenvalue weighted by molar-refractivity contribution is 7.89. The van der Waals surface area contributed by atoms with E-state index in [2.05, 4.69) is 9.89 Å². The van der Waals surface area contributed by atoms with E-state index < -0.39 is 21.2 Å². The van der Waals surface area contributed by atoms with Crippen molar-refractivity contribution in [2.24, 2.45) is 4.99 Å². The lowest BCUT2D eigenvalue weighted by molar-refractivity contribution is 0.0695. The Morgan fingerprint density at radius 2 is 1.74 bits per heavy atom. The number of nitrogens with zero attached hydrogens (tertiary/aromatic N) is 4. The molecule has 1 saturated heterocycles. The lowest BCUT2D eigenvalue weighted by Gasteiger charge is -2.36. The summed E-state index contributed by atoms with van der Waals surface area (Å²) in [5, 5.41) is 9.41. The number of sulfonamides is 1. The zero-order valence-electron chi connectivity index (χ0n) is 21.9. The van der Waals surface area contributed by atoms with Crippen LogP contribution in [0, 0.1) is 6.92 Å². The molecule has 2 aliphatic rings. The van der Waals surface area contributed by atoms with E-state index in [0.29, 0.717) is 66.2 Å². The SMILES string of the molecule is Cc1ccc(OC2=Nc3cc(Cl)c(-c4ccc(N5CCN(S(=O)(=O)C(C)C)CC5)cc4)nc3C2)cc1C(=O)O. The van der Waals surface area contributed by atoms with Crippen LogP contribution in [0.1, 0.15) is 35.5 Å². The van der Waals surface area contributed by atoms with Crippen LogP contribution in [-0.2, 0) is 16.4 Å². The summed E-state index contributed by atoms with van der Waals surface area (Å²) in [6, 6.07) is 14.6. The van der Waals surface area contributed by atoms with Crippen molar-refractivity contribution in [1.82, 2.24) is 9.29 Å². The number of carboxylic acids is 1. The third-order valence-electron chi connectivity index (χ3n) is 6.97. The fourth-order valence-corrected chi connectivity index (χ4v) is 6.21. The van der Waals surface area contributed by atoms with Gasteiger partial charge in [0.05, 0.1) is 39.3 Å². The van der Waals surface area contributed by atoms with Crippen molar-refractivity contribution < 1.29 is 23.1 Å². The van der Waals surface area contributed by atoms with Crippen LogP contribution < -0.4 is 9.64 Å². The summed E-state index contributed by atoms with van der Waals surface area (Å²) >= 11 is 6.59. The molecular formula is C28H29ClN4O5S. The van der Waals surface area contributed by atoms with Crippen molar-refractivity contribution in [2.75, 3.05) is 31.1 Å². The van der Waals surface area contributed by atoms with E-state index >= 15 is 0 Å². The van der Waals surface area contributed by atoms with Gasteiger partial charge < -0.3 is 14.7 Å². The molecule has 3 heterocycles. The zero-order valence-corrected chi connectivity index (χ0v) is 23.5. The van der Waals surface area contributed by atoms with E-state index in [-0.39, 0.29) is 5.56 Å². The molecule has 11 heteroatoms. The predicted octanol–water partition coefficient (Wildman–Crippen LogP) is 4.93. The molecule has 5 rings (SSSR count). The smallest absolute Gasteiger partial charge is 0.336 e. The first-order valence-corrected chi connectivity index (χ1v) is 14.5. The van der Waals surface area contributed by atoms with Gasteiger partial charge in [0.15, 0.2) is 0 Å². The highest BCUT2D eigenvalue weighted by Gasteiger charge is 2.29. The van der Waals surface area contributed by atoms with E-state index in [9.17, 15) is 18.3 Å². The number of aromatic carboxylic acids is 1. The number of aliphatic imine (C=N–C) groups is 1. The molecule has 2 aliphatic heterocycles. The molecule has 0 amide bonds. The van der Waals surface area contributed by atoms with E-state index in [1.165, 1.54) is 6.07 Å². The number of ether oxygens (including phenoxy) is 1. The lowest BCUT2D eigenvalue weighted by Crippen LogP contribution is -2.50. The summed E-state index contributed by atoms with van der Waals surface area (Å²) in [5.41, 5.74) is 4.67. The summed E-state index contributed by atoms with van der Waals surface area (Å²) in [6.45, 7) is 7.32. The van der Waals surface area contributed by atoms with Crippen LogP contribution in [0.5, 0.6) is 5.75 Å². The number of halogens is 1. The first-order chi connectivity index (χ1) is 18.5. The molecule has 1 N–H and O–H groups in total. The number of hydrogen-bond donors (Lipinski definition) is 1. The van der Waals surface area contributed by atoms with Crippen LogP contribution in [0.25, 0.3) is 11.3 Å². The Balaban J connectivity index is 1.27. The van der Waals surface area contributed by atoms with E-state index in [4.69, 9.17) is 21.3 Å². The summed E-state index contributed by atoms with van der Waals surface area (Å²) in [5.74, 6) is -0.200. The molecule has 0 radical (unpaired) electrons. The number of carboxylic acid groups (broad SMARTS) is 1. The van der Waals surface area contributed by atoms with Crippen molar-refractivity contribution in [1.29, 1.82) is 0 Å². The normalized spacial score (nSPS) is 15.8. The first-order valence-electron chi connectivity index (χ1n) is 12.7. The molecule has 0 atom stereocenters. The Labute approximate surface area is 232 Å². The minimum atomic E-state index is -3.25. The summed E-state index contributed by atoms with van der Waals surface area (Å²) in [7, 11) is -3.25. The molecular weight excluding hydrogens is 540 g/mol. The maximum atomic E-state index is 12.5. The van der Waals surface area contributed by atoms with Crippen LogP contribution in [0.3, 0.4) is 0 Å². The number of benzene rings is 2. The van der Waals surface area contributed by atoms with E-state index in [0.717, 1.165) is 16.9 Å². The molecule has 3 aromatic rings. The molecule has 0 spiro atoms. The second kappa shape index (κ2) is 10.6. The van der Waals surface area contributed by atoms with Gasteiger partial charge in [-0.3, -0.25) is 0 Å². The minimum Gasteiger partial charge on any atom is -0.478 e. The van der Waals surface area contributed by atoms with E-state index in [1.54, 1.807) is 43.3 Å². The summed E-state index contributed by atoms with van der Waals surface area (Å²) < 4.78 is 32.4. The van der Waals surface area contributed by atoms with Gasteiger partial charge in [0, 0.05) is 37.4 Å². The maximum Gasteiger partial charge on any atom is 0.336 e. The average molecular weight is 569 g/mol. The number of fused-ring (bicyclic) bond motifs is 1. The number of carbonyl (C=O) groups is 1. The second-order valence-electron chi connectivity index (χ2n) is 9.88. The minimum absolute atomic E-state index is 0.179. The molecule has 39 heavy (non-hydrogen) atoms. The van der Waals surface area contributed by atoms with Gasteiger partial charge in [-0.15, -0.1) is 0 Å². The van der Waals surface area contributed by atoms with Gasteiger partial charge in [-0.1, -0.05) is 29.8 Å². The van der Waals surface area contributed by atoms with E-state index in [1.807, 2.05) is 24.3 Å². The number of rotatable bonds is 6. The third kappa shape index (κ3) is 5.50. The van der Waals surface area contributed by atoms with Gasteiger partial charge in [-0.25, -0.2) is 23.2 Å². The fourth-order valence-electron chi connectivity index (χ4n) is 4.68. The van der Waals surface area contributed by atoms with Crippen molar-refractivity contribution >= 4 is 44.9 Å². The molecule has 204 valence electrons. The molecule has 0 unspecified atom stereocenters. The monoisotopic (exact) mass is 568 g/mol. The predicted molar refractivity (Wildman–Crippen MR) is 152 cm³/mol. The Morgan fingerprint density at radius 3 is 2.38 bits per heavy atom. The highest BCUT2D eigenvalue weighted by Crippen LogP contribution is 2.36. The van der Waals surface area contributed by atoms with Crippen LogP contribution in [0.4, 0.5) is 11.4 Å². The van der Waals surface area contributed by atoms with Crippen molar-refractivity contribution in [3.63, 3.8) is 0 Å². The molecule has 0 saturated carbocycles. The number of piperazine rings is 1. The standard InChI is InChI=1S/C28H29ClN4O5S/c1-17(2)39(36,37)33-12-10-32(11-13-33)20-7-5-19(6-8-20)27-23(29)15-24-25(31-27)16-26(30-24)38-21-9-4-18(3)22(14-21)28(34)35/h4-9,14-15,17H,10-13,16H2,1-3H3,(H,34,35). The van der Waals surface area contributed by atoms with Crippen LogP contribution in [-0.4, -0.2) is 66.1 Å². The topological polar surface area (TPSA) is 112 Å². The molecule has 0 bridgehead atoms. The van der Waals surface area contributed by atoms with Gasteiger partial charge in [-0.05, 0) is 56.7 Å². The second-order valence-corrected chi connectivity index (χ2v) is 12.8. The first kappa shape index (κ1) is 27.1. The van der Waals surface area contributed by atoms with Crippen molar-refractivity contribution in [3.05, 3.63) is 70.4 Å². The number of anilines is 1. The zero-order chi connectivity index (χ0) is 27.9. The Hall–Kier alpha value is -3.47. The van der Waals surface area contributed by atoms with Crippen molar-refractivity contribution in [2.45, 2.75) is 32.4 Å². The van der Waals surface area contributed by atoms with Crippen molar-refractivity contribution in [3.8, 4) is 17.0 Å². The average Bonchev–Trinajstić information content (AvgIpc) is 3.30. The Morgan fingerprint density at radius 1 is 1.05 bits per heavy atom. The van der Waals surface area contributed by atoms with Gasteiger partial charge in [0.2, 0.25) is 15.9 Å². The summed E-state index contributed by atoms with van der Waals surface area (Å²) in [6.07, 6.45) is 0.359. The molecule has 0 aliphatic carbocycles. The molecule has 1 fully saturated rings. The lowest BCUT2D eigenvalue weighted by atomic mass is 10.1. The summed E-state index contributed by atoms with van der Waals surface area (Å²) in [4.78, 5) is 22.9. The molecule has 1 aromatic heterocycles. The Bertz CT molecular complexity index is 1560. The van der Waals surface area contributed by atoms with Gasteiger partial charge in [0.1, 0.15) is 5.75 Å². The van der Waals surface area contributed by atoms with Crippen LogP contribution in [0.15, 0.2) is 53.5 Å². The molecule has 9 nitrogen and oxygen atoms in total. The van der Waals surface area contributed by atoms with Gasteiger partial charge in [0.25, 0.3) is 0 Å². The van der Waals surface area contributed by atoms with Gasteiger partial charge >= 0.3 is 5.97 Å². The maximum absolute atomic E-state index is 12.5. The quantitative estimate of drug-likeness (QED) is 0.448. The Kier molecular flexibility index (Phi) is 7.37. The number of aromatic nitrogens is 1. The largest absolute Gasteiger partial charge is 0.478 e. The van der Waals surface area contributed by atoms with Crippen LogP contribution in [0.2, 0.25) is 5.02 Å². The van der Waals surface area contributed by atoms with Gasteiger partial charge in [-0.2, -0.15) is 4.31 Å².